The van der Waals surface area contributed by atoms with Gasteiger partial charge in [0.1, 0.15) is 0 Å². The molecule has 0 atom stereocenters. The van der Waals surface area contributed by atoms with Gasteiger partial charge in [0.05, 0.1) is 22.9 Å². The molecular formula is C22H26ClN3O2. The van der Waals surface area contributed by atoms with Crippen LogP contribution in [0.3, 0.4) is 0 Å². The minimum Gasteiger partial charge on any atom is -0.350 e. The topological polar surface area (TPSA) is 71.1 Å². The Morgan fingerprint density at radius 2 is 1.75 bits per heavy atom. The molecule has 2 amide bonds. The molecule has 1 aromatic carbocycles. The Hall–Kier alpha value is -2.40. The van der Waals surface area contributed by atoms with E-state index in [2.05, 4.69) is 15.6 Å². The summed E-state index contributed by atoms with van der Waals surface area (Å²) in [6.07, 6.45) is 4.55. The van der Waals surface area contributed by atoms with E-state index in [1.807, 2.05) is 44.2 Å². The lowest BCUT2D eigenvalue weighted by molar-refractivity contribution is -0.128. The van der Waals surface area contributed by atoms with Crippen LogP contribution in [0, 0.1) is 25.7 Å². The van der Waals surface area contributed by atoms with Crippen molar-refractivity contribution < 1.29 is 9.59 Å². The van der Waals surface area contributed by atoms with Crippen LogP contribution in [0.25, 0.3) is 0 Å². The van der Waals surface area contributed by atoms with Crippen molar-refractivity contribution in [2.45, 2.75) is 46.1 Å². The molecule has 3 rings (SSSR count). The molecule has 1 aliphatic rings. The fraction of sp³-hybridized carbons (Fsp3) is 0.409. The van der Waals surface area contributed by atoms with Gasteiger partial charge in [-0.15, -0.1) is 0 Å². The Labute approximate surface area is 170 Å². The normalized spacial score (nSPS) is 19.1. The van der Waals surface area contributed by atoms with Crippen molar-refractivity contribution in [3.8, 4) is 0 Å². The summed E-state index contributed by atoms with van der Waals surface area (Å²) in [6.45, 7) is 4.35. The first kappa shape index (κ1) is 20.3. The summed E-state index contributed by atoms with van der Waals surface area (Å²) in [5.74, 6) is -0.0998. The molecule has 0 saturated heterocycles. The minimum absolute atomic E-state index is 0.0128. The Bertz CT molecular complexity index is 823. The van der Waals surface area contributed by atoms with Gasteiger partial charge < -0.3 is 10.6 Å². The van der Waals surface area contributed by atoms with Gasteiger partial charge in [-0.1, -0.05) is 23.7 Å². The van der Waals surface area contributed by atoms with E-state index >= 15 is 0 Å². The summed E-state index contributed by atoms with van der Waals surface area (Å²) in [5.41, 5.74) is 3.56. The van der Waals surface area contributed by atoms with Crippen molar-refractivity contribution in [2.75, 3.05) is 5.32 Å². The number of aromatic nitrogens is 1. The molecule has 1 heterocycles. The number of rotatable bonds is 5. The molecule has 0 radical (unpaired) electrons. The van der Waals surface area contributed by atoms with Crippen LogP contribution in [0.1, 0.15) is 42.5 Å². The lowest BCUT2D eigenvalue weighted by Crippen LogP contribution is -2.35. The van der Waals surface area contributed by atoms with Gasteiger partial charge in [0.15, 0.2) is 0 Å². The smallest absolute Gasteiger partial charge is 0.227 e. The van der Waals surface area contributed by atoms with Crippen LogP contribution >= 0.6 is 11.6 Å². The van der Waals surface area contributed by atoms with Crippen LogP contribution in [0.15, 0.2) is 36.5 Å². The average molecular weight is 400 g/mol. The maximum atomic E-state index is 12.7. The van der Waals surface area contributed by atoms with Crippen LogP contribution < -0.4 is 10.6 Å². The van der Waals surface area contributed by atoms with E-state index in [-0.39, 0.29) is 23.7 Å². The standard InChI is InChI=1S/C22H26ClN3O2/c1-14-11-15(2)20(19(23)12-14)26-22(28)17-8-6-16(7-9-17)21(27)25-13-18-5-3-4-10-24-18/h3-5,10-12,16-17H,6-9,13H2,1-2H3,(H,25,27)(H,26,28). The number of pyridine rings is 1. The van der Waals surface area contributed by atoms with E-state index in [0.717, 1.165) is 16.8 Å². The molecule has 28 heavy (non-hydrogen) atoms. The fourth-order valence-corrected chi connectivity index (χ4v) is 4.11. The van der Waals surface area contributed by atoms with Gasteiger partial charge in [0.2, 0.25) is 11.8 Å². The number of hydrogen-bond acceptors (Lipinski definition) is 3. The lowest BCUT2D eigenvalue weighted by atomic mass is 9.81. The number of carbonyl (C=O) groups is 2. The van der Waals surface area contributed by atoms with Crippen molar-refractivity contribution >= 4 is 29.1 Å². The summed E-state index contributed by atoms with van der Waals surface area (Å²) in [7, 11) is 0. The third kappa shape index (κ3) is 5.10. The summed E-state index contributed by atoms with van der Waals surface area (Å²) < 4.78 is 0. The molecule has 1 saturated carbocycles. The summed E-state index contributed by atoms with van der Waals surface area (Å²) in [5, 5.41) is 6.50. The number of nitrogens with one attached hydrogen (secondary N) is 2. The highest BCUT2D eigenvalue weighted by Crippen LogP contribution is 2.32. The van der Waals surface area contributed by atoms with Crippen LogP contribution in [-0.4, -0.2) is 16.8 Å². The van der Waals surface area contributed by atoms with E-state index in [4.69, 9.17) is 11.6 Å². The lowest BCUT2D eigenvalue weighted by Gasteiger charge is -2.27. The van der Waals surface area contributed by atoms with Crippen molar-refractivity contribution in [1.82, 2.24) is 10.3 Å². The highest BCUT2D eigenvalue weighted by atomic mass is 35.5. The number of carbonyl (C=O) groups excluding carboxylic acids is 2. The number of aryl methyl sites for hydroxylation is 2. The Morgan fingerprint density at radius 1 is 1.07 bits per heavy atom. The van der Waals surface area contributed by atoms with Gasteiger partial charge in [-0.25, -0.2) is 0 Å². The average Bonchev–Trinajstić information content (AvgIpc) is 2.69. The highest BCUT2D eigenvalue weighted by molar-refractivity contribution is 6.34. The predicted octanol–water partition coefficient (Wildman–Crippen LogP) is 4.41. The molecule has 148 valence electrons. The zero-order chi connectivity index (χ0) is 20.1. The first-order valence-corrected chi connectivity index (χ1v) is 10.1. The predicted molar refractivity (Wildman–Crippen MR) is 111 cm³/mol. The second kappa shape index (κ2) is 9.20. The van der Waals surface area contributed by atoms with Crippen molar-refractivity contribution in [1.29, 1.82) is 0 Å². The number of anilines is 1. The van der Waals surface area contributed by atoms with Crippen molar-refractivity contribution in [3.05, 3.63) is 58.4 Å². The van der Waals surface area contributed by atoms with Crippen LogP contribution in [0.4, 0.5) is 5.69 Å². The molecule has 0 spiro atoms. The maximum Gasteiger partial charge on any atom is 0.227 e. The van der Waals surface area contributed by atoms with E-state index in [1.54, 1.807) is 6.20 Å². The second-order valence-electron chi connectivity index (χ2n) is 7.52. The molecule has 0 bridgehead atoms. The largest absolute Gasteiger partial charge is 0.350 e. The van der Waals surface area contributed by atoms with Gasteiger partial charge in [-0.3, -0.25) is 14.6 Å². The summed E-state index contributed by atoms with van der Waals surface area (Å²) >= 11 is 6.30. The molecule has 6 heteroatoms. The Kier molecular flexibility index (Phi) is 6.68. The monoisotopic (exact) mass is 399 g/mol. The number of nitrogens with zero attached hydrogens (tertiary/aromatic N) is 1. The number of hydrogen-bond donors (Lipinski definition) is 2. The Balaban J connectivity index is 1.49. The minimum atomic E-state index is -0.0865. The van der Waals surface area contributed by atoms with E-state index in [0.29, 0.717) is 42.9 Å². The molecule has 2 N–H and O–H groups in total. The molecular weight excluding hydrogens is 374 g/mol. The maximum absolute atomic E-state index is 12.7. The number of amides is 2. The quantitative estimate of drug-likeness (QED) is 0.782. The third-order valence-corrected chi connectivity index (χ3v) is 5.62. The molecule has 5 nitrogen and oxygen atoms in total. The summed E-state index contributed by atoms with van der Waals surface area (Å²) in [4.78, 5) is 29.3. The second-order valence-corrected chi connectivity index (χ2v) is 7.92. The van der Waals surface area contributed by atoms with Crippen molar-refractivity contribution in [2.24, 2.45) is 11.8 Å². The molecule has 1 fully saturated rings. The molecule has 2 aromatic rings. The van der Waals surface area contributed by atoms with E-state index in [1.165, 1.54) is 0 Å². The van der Waals surface area contributed by atoms with Gasteiger partial charge in [-0.2, -0.15) is 0 Å². The van der Waals surface area contributed by atoms with Gasteiger partial charge >= 0.3 is 0 Å². The highest BCUT2D eigenvalue weighted by Gasteiger charge is 2.30. The zero-order valence-corrected chi connectivity index (χ0v) is 17.1. The molecule has 1 aliphatic carbocycles. The van der Waals surface area contributed by atoms with Gasteiger partial charge in [0.25, 0.3) is 0 Å². The van der Waals surface area contributed by atoms with E-state index in [9.17, 15) is 9.59 Å². The Morgan fingerprint density at radius 3 is 2.36 bits per heavy atom. The fourth-order valence-electron chi connectivity index (χ4n) is 3.74. The van der Waals surface area contributed by atoms with Crippen molar-refractivity contribution in [3.63, 3.8) is 0 Å². The first-order chi connectivity index (χ1) is 13.4. The number of benzene rings is 1. The molecule has 0 aliphatic heterocycles. The molecule has 1 aromatic heterocycles. The SMILES string of the molecule is Cc1cc(C)c(NC(=O)C2CCC(C(=O)NCc3ccccn3)CC2)c(Cl)c1. The third-order valence-electron chi connectivity index (χ3n) is 5.32. The first-order valence-electron chi connectivity index (χ1n) is 9.69. The van der Waals surface area contributed by atoms with E-state index < -0.39 is 0 Å². The van der Waals surface area contributed by atoms with Crippen LogP contribution in [0.5, 0.6) is 0 Å². The van der Waals surface area contributed by atoms with Gasteiger partial charge in [-0.05, 0) is 68.9 Å². The molecule has 0 unspecified atom stereocenters. The zero-order valence-electron chi connectivity index (χ0n) is 16.3. The van der Waals surface area contributed by atoms with Crippen LogP contribution in [0.2, 0.25) is 5.02 Å². The number of halogens is 1. The van der Waals surface area contributed by atoms with Gasteiger partial charge in [0, 0.05) is 18.0 Å². The summed E-state index contributed by atoms with van der Waals surface area (Å²) in [6, 6.07) is 9.50. The van der Waals surface area contributed by atoms with Crippen LogP contribution in [-0.2, 0) is 16.1 Å².